The normalized spacial score (nSPS) is 20.7. The van der Waals surface area contributed by atoms with Crippen molar-refractivity contribution in [2.75, 3.05) is 7.05 Å². The van der Waals surface area contributed by atoms with Crippen LogP contribution in [-0.2, 0) is 0 Å². The summed E-state index contributed by atoms with van der Waals surface area (Å²) in [4.78, 5) is 0. The van der Waals surface area contributed by atoms with Gasteiger partial charge in [-0.05, 0) is 49.4 Å². The van der Waals surface area contributed by atoms with Crippen molar-refractivity contribution < 1.29 is 0 Å². The van der Waals surface area contributed by atoms with E-state index in [1.807, 2.05) is 0 Å². The monoisotopic (exact) mass is 265 g/mol. The second kappa shape index (κ2) is 5.63. The summed E-state index contributed by atoms with van der Waals surface area (Å²) in [7, 11) is 2.07. The molecule has 0 aliphatic heterocycles. The van der Waals surface area contributed by atoms with Gasteiger partial charge >= 0.3 is 0 Å². The van der Waals surface area contributed by atoms with E-state index in [0.717, 1.165) is 10.6 Å². The zero-order valence-electron chi connectivity index (χ0n) is 11.7. The number of benzene rings is 1. The highest BCUT2D eigenvalue weighted by Crippen LogP contribution is 2.45. The lowest BCUT2D eigenvalue weighted by Crippen LogP contribution is -2.36. The SMILES string of the molecule is CNC(c1ccc(C)c(Cl)c1)C1(C)CCCCC1. The van der Waals surface area contributed by atoms with Crippen molar-refractivity contribution >= 4 is 11.6 Å². The molecule has 0 amide bonds. The summed E-state index contributed by atoms with van der Waals surface area (Å²) < 4.78 is 0. The molecule has 2 rings (SSSR count). The fourth-order valence-corrected chi connectivity index (χ4v) is 3.54. The van der Waals surface area contributed by atoms with Gasteiger partial charge in [-0.25, -0.2) is 0 Å². The van der Waals surface area contributed by atoms with Gasteiger partial charge in [-0.1, -0.05) is 49.9 Å². The molecule has 0 radical (unpaired) electrons. The first kappa shape index (κ1) is 13.9. The molecule has 0 saturated heterocycles. The average Bonchev–Trinajstić information content (AvgIpc) is 2.35. The molecule has 1 aliphatic carbocycles. The van der Waals surface area contributed by atoms with Gasteiger partial charge in [-0.15, -0.1) is 0 Å². The molecule has 1 atom stereocenters. The standard InChI is InChI=1S/C16H24ClN/c1-12-7-8-13(11-14(12)17)15(18-3)16(2)9-5-4-6-10-16/h7-8,11,15,18H,4-6,9-10H2,1-3H3. The predicted octanol–water partition coefficient (Wildman–Crippen LogP) is 4.88. The van der Waals surface area contributed by atoms with Gasteiger partial charge in [-0.2, -0.15) is 0 Å². The van der Waals surface area contributed by atoms with Crippen molar-refractivity contribution in [3.8, 4) is 0 Å². The molecule has 0 spiro atoms. The van der Waals surface area contributed by atoms with Crippen molar-refractivity contribution in [3.63, 3.8) is 0 Å². The molecule has 1 saturated carbocycles. The van der Waals surface area contributed by atoms with Crippen molar-refractivity contribution in [1.29, 1.82) is 0 Å². The first-order valence-electron chi connectivity index (χ1n) is 7.00. The lowest BCUT2D eigenvalue weighted by atomic mass is 9.68. The van der Waals surface area contributed by atoms with E-state index >= 15 is 0 Å². The first-order valence-corrected chi connectivity index (χ1v) is 7.38. The molecular formula is C16H24ClN. The van der Waals surface area contributed by atoms with E-state index in [0.29, 0.717) is 11.5 Å². The number of hydrogen-bond donors (Lipinski definition) is 1. The lowest BCUT2D eigenvalue weighted by Gasteiger charge is -2.41. The van der Waals surface area contributed by atoms with E-state index in [1.165, 1.54) is 37.7 Å². The Labute approximate surface area is 116 Å². The highest BCUT2D eigenvalue weighted by molar-refractivity contribution is 6.31. The number of rotatable bonds is 3. The van der Waals surface area contributed by atoms with Crippen molar-refractivity contribution in [1.82, 2.24) is 5.32 Å². The molecule has 18 heavy (non-hydrogen) atoms. The van der Waals surface area contributed by atoms with Crippen LogP contribution in [0.1, 0.15) is 56.2 Å². The maximum absolute atomic E-state index is 6.27. The van der Waals surface area contributed by atoms with Gasteiger partial charge in [0.2, 0.25) is 0 Å². The average molecular weight is 266 g/mol. The zero-order chi connectivity index (χ0) is 13.2. The number of nitrogens with one attached hydrogen (secondary N) is 1. The molecule has 100 valence electrons. The van der Waals surface area contributed by atoms with Gasteiger partial charge in [0.25, 0.3) is 0 Å². The summed E-state index contributed by atoms with van der Waals surface area (Å²) >= 11 is 6.27. The Morgan fingerprint density at radius 3 is 2.44 bits per heavy atom. The highest BCUT2D eigenvalue weighted by atomic mass is 35.5. The van der Waals surface area contributed by atoms with E-state index in [9.17, 15) is 0 Å². The van der Waals surface area contributed by atoms with Crippen LogP contribution in [0.3, 0.4) is 0 Å². The molecule has 1 aromatic rings. The van der Waals surface area contributed by atoms with Gasteiger partial charge < -0.3 is 5.32 Å². The Hall–Kier alpha value is -0.530. The van der Waals surface area contributed by atoms with Gasteiger partial charge in [-0.3, -0.25) is 0 Å². The van der Waals surface area contributed by atoms with Crippen LogP contribution in [-0.4, -0.2) is 7.05 Å². The van der Waals surface area contributed by atoms with E-state index < -0.39 is 0 Å². The largest absolute Gasteiger partial charge is 0.313 e. The minimum atomic E-state index is 0.367. The Kier molecular flexibility index (Phi) is 4.34. The molecule has 0 heterocycles. The summed E-state index contributed by atoms with van der Waals surface area (Å²) in [5.41, 5.74) is 2.85. The fourth-order valence-electron chi connectivity index (χ4n) is 3.35. The van der Waals surface area contributed by atoms with Crippen molar-refractivity contribution in [3.05, 3.63) is 34.3 Å². The predicted molar refractivity (Wildman–Crippen MR) is 79.2 cm³/mol. The van der Waals surface area contributed by atoms with Crippen LogP contribution < -0.4 is 5.32 Å². The second-order valence-corrected chi connectivity index (χ2v) is 6.35. The third kappa shape index (κ3) is 2.73. The Balaban J connectivity index is 2.29. The second-order valence-electron chi connectivity index (χ2n) is 5.94. The molecule has 1 nitrogen and oxygen atoms in total. The van der Waals surface area contributed by atoms with Gasteiger partial charge in [0.05, 0.1) is 0 Å². The summed E-state index contributed by atoms with van der Waals surface area (Å²) in [6.07, 6.45) is 6.72. The maximum atomic E-state index is 6.27. The number of aryl methyl sites for hydroxylation is 1. The third-order valence-corrected chi connectivity index (χ3v) is 4.92. The minimum absolute atomic E-state index is 0.367. The number of halogens is 1. The quantitative estimate of drug-likeness (QED) is 0.821. The molecule has 1 unspecified atom stereocenters. The van der Waals surface area contributed by atoms with Crippen molar-refractivity contribution in [2.24, 2.45) is 5.41 Å². The first-order chi connectivity index (χ1) is 8.57. The molecule has 1 fully saturated rings. The zero-order valence-corrected chi connectivity index (χ0v) is 12.5. The summed E-state index contributed by atoms with van der Waals surface area (Å²) in [5.74, 6) is 0. The van der Waals surface area contributed by atoms with Crippen LogP contribution in [0.15, 0.2) is 18.2 Å². The minimum Gasteiger partial charge on any atom is -0.313 e. The smallest absolute Gasteiger partial charge is 0.0438 e. The van der Waals surface area contributed by atoms with E-state index in [2.05, 4.69) is 44.4 Å². The van der Waals surface area contributed by atoms with Gasteiger partial charge in [0, 0.05) is 11.1 Å². The Morgan fingerprint density at radius 1 is 1.22 bits per heavy atom. The summed E-state index contributed by atoms with van der Waals surface area (Å²) in [6.45, 7) is 4.48. The molecule has 2 heteroatoms. The maximum Gasteiger partial charge on any atom is 0.0438 e. The molecule has 0 bridgehead atoms. The van der Waals surface area contributed by atoms with E-state index in [4.69, 9.17) is 11.6 Å². The Morgan fingerprint density at radius 2 is 1.89 bits per heavy atom. The highest BCUT2D eigenvalue weighted by Gasteiger charge is 2.35. The molecule has 1 N–H and O–H groups in total. The molecular weight excluding hydrogens is 242 g/mol. The topological polar surface area (TPSA) is 12.0 Å². The van der Waals surface area contributed by atoms with Crippen molar-refractivity contribution in [2.45, 2.75) is 52.0 Å². The van der Waals surface area contributed by atoms with Crippen LogP contribution in [0.2, 0.25) is 5.02 Å². The molecule has 1 aromatic carbocycles. The van der Waals surface area contributed by atoms with Gasteiger partial charge in [0.15, 0.2) is 0 Å². The molecule has 0 aromatic heterocycles. The van der Waals surface area contributed by atoms with Crippen LogP contribution in [0.4, 0.5) is 0 Å². The van der Waals surface area contributed by atoms with Crippen LogP contribution in [0.25, 0.3) is 0 Å². The Bertz CT molecular complexity index is 408. The van der Waals surface area contributed by atoms with E-state index in [1.54, 1.807) is 0 Å². The van der Waals surface area contributed by atoms with E-state index in [-0.39, 0.29) is 0 Å². The van der Waals surface area contributed by atoms with Crippen LogP contribution in [0.5, 0.6) is 0 Å². The summed E-state index contributed by atoms with van der Waals surface area (Å²) in [5, 5.41) is 4.40. The van der Waals surface area contributed by atoms with Crippen LogP contribution in [0, 0.1) is 12.3 Å². The third-order valence-electron chi connectivity index (χ3n) is 4.51. The molecule has 1 aliphatic rings. The fraction of sp³-hybridized carbons (Fsp3) is 0.625. The lowest BCUT2D eigenvalue weighted by molar-refractivity contribution is 0.150. The van der Waals surface area contributed by atoms with Crippen LogP contribution >= 0.6 is 11.6 Å². The summed E-state index contributed by atoms with van der Waals surface area (Å²) in [6, 6.07) is 6.91. The van der Waals surface area contributed by atoms with Gasteiger partial charge in [0.1, 0.15) is 0 Å². The number of hydrogen-bond acceptors (Lipinski definition) is 1.